The number of hydrogen-bond donors (Lipinski definition) is 1. The average molecular weight is 265 g/mol. The van der Waals surface area contributed by atoms with Crippen molar-refractivity contribution < 1.29 is 9.18 Å². The third-order valence-electron chi connectivity index (χ3n) is 3.58. The Morgan fingerprint density at radius 1 is 1.42 bits per heavy atom. The van der Waals surface area contributed by atoms with Crippen LogP contribution in [-0.4, -0.2) is 43.5 Å². The highest BCUT2D eigenvalue weighted by Gasteiger charge is 2.21. The number of anilines is 1. The standard InChI is InChI=1S/C14H20FN3O/c1-17(13-5-3-2-4-12(13)15)14(19)10-18-8-6-11(16)7-9-18/h2-5,11H,6-10,16H2,1H3. The molecule has 0 bridgehead atoms. The van der Waals surface area contributed by atoms with Gasteiger partial charge in [-0.2, -0.15) is 0 Å². The first-order valence-electron chi connectivity index (χ1n) is 6.57. The van der Waals surface area contributed by atoms with Gasteiger partial charge >= 0.3 is 0 Å². The Balaban J connectivity index is 1.95. The van der Waals surface area contributed by atoms with Crippen LogP contribution in [0.25, 0.3) is 0 Å². The van der Waals surface area contributed by atoms with Crippen LogP contribution in [0.4, 0.5) is 10.1 Å². The summed E-state index contributed by atoms with van der Waals surface area (Å²) in [4.78, 5) is 15.6. The van der Waals surface area contributed by atoms with Gasteiger partial charge in [0.25, 0.3) is 0 Å². The molecule has 1 aliphatic heterocycles. The number of likely N-dealkylation sites (tertiary alicyclic amines) is 1. The zero-order chi connectivity index (χ0) is 13.8. The highest BCUT2D eigenvalue weighted by Crippen LogP contribution is 2.17. The number of halogens is 1. The van der Waals surface area contributed by atoms with E-state index < -0.39 is 0 Å². The average Bonchev–Trinajstić information content (AvgIpc) is 2.41. The summed E-state index contributed by atoms with van der Waals surface area (Å²) in [5.74, 6) is -0.473. The van der Waals surface area contributed by atoms with E-state index in [1.165, 1.54) is 11.0 Å². The van der Waals surface area contributed by atoms with Gasteiger partial charge in [0.1, 0.15) is 5.82 Å². The van der Waals surface area contributed by atoms with Crippen molar-refractivity contribution in [2.45, 2.75) is 18.9 Å². The summed E-state index contributed by atoms with van der Waals surface area (Å²) >= 11 is 0. The zero-order valence-corrected chi connectivity index (χ0v) is 11.2. The molecule has 0 spiro atoms. The predicted molar refractivity (Wildman–Crippen MR) is 73.5 cm³/mol. The maximum atomic E-state index is 13.6. The topological polar surface area (TPSA) is 49.6 Å². The monoisotopic (exact) mass is 265 g/mol. The second-order valence-corrected chi connectivity index (χ2v) is 5.02. The molecule has 1 amide bonds. The summed E-state index contributed by atoms with van der Waals surface area (Å²) in [6.45, 7) is 1.98. The molecule has 0 aliphatic carbocycles. The van der Waals surface area contributed by atoms with E-state index in [0.717, 1.165) is 25.9 Å². The Morgan fingerprint density at radius 3 is 2.68 bits per heavy atom. The van der Waals surface area contributed by atoms with Crippen LogP contribution < -0.4 is 10.6 Å². The molecule has 19 heavy (non-hydrogen) atoms. The Labute approximate surface area is 113 Å². The van der Waals surface area contributed by atoms with Crippen molar-refractivity contribution in [3.05, 3.63) is 30.1 Å². The number of nitrogens with two attached hydrogens (primary N) is 1. The second-order valence-electron chi connectivity index (χ2n) is 5.02. The molecule has 0 aromatic heterocycles. The van der Waals surface area contributed by atoms with Crippen molar-refractivity contribution >= 4 is 11.6 Å². The van der Waals surface area contributed by atoms with Crippen molar-refractivity contribution in [3.63, 3.8) is 0 Å². The van der Waals surface area contributed by atoms with Gasteiger partial charge in [0.05, 0.1) is 12.2 Å². The van der Waals surface area contributed by atoms with Crippen LogP contribution in [0.3, 0.4) is 0 Å². The van der Waals surface area contributed by atoms with Crippen molar-refractivity contribution in [1.29, 1.82) is 0 Å². The highest BCUT2D eigenvalue weighted by atomic mass is 19.1. The summed E-state index contributed by atoms with van der Waals surface area (Å²) in [7, 11) is 1.61. The van der Waals surface area contributed by atoms with Gasteiger partial charge in [-0.05, 0) is 25.0 Å². The fourth-order valence-corrected chi connectivity index (χ4v) is 2.27. The Morgan fingerprint density at radius 2 is 2.05 bits per heavy atom. The molecule has 1 aliphatic rings. The molecule has 2 rings (SSSR count). The number of carbonyl (C=O) groups is 1. The van der Waals surface area contributed by atoms with Gasteiger partial charge in [0, 0.05) is 26.2 Å². The van der Waals surface area contributed by atoms with E-state index in [0.29, 0.717) is 12.2 Å². The first kappa shape index (κ1) is 14.0. The fraction of sp³-hybridized carbons (Fsp3) is 0.500. The van der Waals surface area contributed by atoms with Crippen molar-refractivity contribution in [2.24, 2.45) is 5.73 Å². The van der Waals surface area contributed by atoms with Crippen LogP contribution in [0.1, 0.15) is 12.8 Å². The van der Waals surface area contributed by atoms with Gasteiger partial charge in [0.2, 0.25) is 5.91 Å². The van der Waals surface area contributed by atoms with Gasteiger partial charge in [-0.15, -0.1) is 0 Å². The number of hydrogen-bond acceptors (Lipinski definition) is 3. The van der Waals surface area contributed by atoms with E-state index in [-0.39, 0.29) is 17.8 Å². The van der Waals surface area contributed by atoms with Crippen molar-refractivity contribution in [2.75, 3.05) is 31.6 Å². The quantitative estimate of drug-likeness (QED) is 0.893. The summed E-state index contributed by atoms with van der Waals surface area (Å²) in [6.07, 6.45) is 1.83. The van der Waals surface area contributed by atoms with E-state index >= 15 is 0 Å². The zero-order valence-electron chi connectivity index (χ0n) is 11.2. The summed E-state index contributed by atoms with van der Waals surface area (Å²) in [5.41, 5.74) is 6.15. The van der Waals surface area contributed by atoms with Crippen LogP contribution in [0, 0.1) is 5.82 Å². The Bertz CT molecular complexity index is 444. The number of amides is 1. The van der Waals surface area contributed by atoms with E-state index in [9.17, 15) is 9.18 Å². The lowest BCUT2D eigenvalue weighted by atomic mass is 10.1. The van der Waals surface area contributed by atoms with E-state index in [2.05, 4.69) is 4.90 Å². The highest BCUT2D eigenvalue weighted by molar-refractivity contribution is 5.94. The van der Waals surface area contributed by atoms with Crippen LogP contribution in [0.15, 0.2) is 24.3 Å². The van der Waals surface area contributed by atoms with Crippen LogP contribution in [0.2, 0.25) is 0 Å². The van der Waals surface area contributed by atoms with Gasteiger partial charge in [-0.3, -0.25) is 9.69 Å². The van der Waals surface area contributed by atoms with Crippen LogP contribution in [-0.2, 0) is 4.79 Å². The molecule has 5 heteroatoms. The molecule has 1 saturated heterocycles. The van der Waals surface area contributed by atoms with Crippen LogP contribution in [0.5, 0.6) is 0 Å². The normalized spacial score (nSPS) is 17.4. The number of likely N-dealkylation sites (N-methyl/N-ethyl adjacent to an activating group) is 1. The minimum absolute atomic E-state index is 0.0967. The first-order valence-corrected chi connectivity index (χ1v) is 6.57. The minimum atomic E-state index is -0.376. The maximum Gasteiger partial charge on any atom is 0.240 e. The van der Waals surface area contributed by atoms with E-state index in [4.69, 9.17) is 5.73 Å². The lowest BCUT2D eigenvalue weighted by Gasteiger charge is -2.30. The van der Waals surface area contributed by atoms with E-state index in [1.54, 1.807) is 25.2 Å². The smallest absolute Gasteiger partial charge is 0.240 e. The van der Waals surface area contributed by atoms with Gasteiger partial charge < -0.3 is 10.6 Å². The molecule has 0 saturated carbocycles. The molecule has 4 nitrogen and oxygen atoms in total. The molecule has 1 aromatic rings. The molecule has 1 fully saturated rings. The Hall–Kier alpha value is -1.46. The second kappa shape index (κ2) is 6.12. The Kier molecular flexibility index (Phi) is 4.50. The predicted octanol–water partition coefficient (Wildman–Crippen LogP) is 1.21. The number of nitrogens with zero attached hydrogens (tertiary/aromatic N) is 2. The number of benzene rings is 1. The van der Waals surface area contributed by atoms with Gasteiger partial charge in [0.15, 0.2) is 0 Å². The summed E-state index contributed by atoms with van der Waals surface area (Å²) in [5, 5.41) is 0. The van der Waals surface area contributed by atoms with Gasteiger partial charge in [-0.25, -0.2) is 4.39 Å². The number of rotatable bonds is 3. The third kappa shape index (κ3) is 3.52. The number of piperidine rings is 1. The maximum absolute atomic E-state index is 13.6. The van der Waals surface area contributed by atoms with E-state index in [1.807, 2.05) is 0 Å². The lowest BCUT2D eigenvalue weighted by molar-refractivity contribution is -0.119. The van der Waals surface area contributed by atoms with Crippen molar-refractivity contribution in [1.82, 2.24) is 4.90 Å². The number of carbonyl (C=O) groups excluding carboxylic acids is 1. The number of para-hydroxylation sites is 1. The molecule has 0 unspecified atom stereocenters. The minimum Gasteiger partial charge on any atom is -0.328 e. The fourth-order valence-electron chi connectivity index (χ4n) is 2.27. The molecule has 0 atom stereocenters. The lowest BCUT2D eigenvalue weighted by Crippen LogP contribution is -2.45. The molecular weight excluding hydrogens is 245 g/mol. The van der Waals surface area contributed by atoms with Gasteiger partial charge in [-0.1, -0.05) is 12.1 Å². The summed E-state index contributed by atoms with van der Waals surface area (Å²) < 4.78 is 13.6. The molecule has 1 heterocycles. The molecule has 2 N–H and O–H groups in total. The summed E-state index contributed by atoms with van der Waals surface area (Å²) in [6, 6.07) is 6.56. The molecule has 0 radical (unpaired) electrons. The van der Waals surface area contributed by atoms with Crippen molar-refractivity contribution in [3.8, 4) is 0 Å². The molecule has 104 valence electrons. The third-order valence-corrected chi connectivity index (χ3v) is 3.58. The molecule has 1 aromatic carbocycles. The molecular formula is C14H20FN3O. The van der Waals surface area contributed by atoms with Crippen LogP contribution >= 0.6 is 0 Å². The SMILES string of the molecule is CN(C(=O)CN1CCC(N)CC1)c1ccccc1F. The largest absolute Gasteiger partial charge is 0.328 e. The first-order chi connectivity index (χ1) is 9.08.